The van der Waals surface area contributed by atoms with Crippen LogP contribution in [0.3, 0.4) is 0 Å². The average Bonchev–Trinajstić information content (AvgIpc) is 3.44. The first kappa shape index (κ1) is 36.7. The lowest BCUT2D eigenvalue weighted by Crippen LogP contribution is -2.59. The highest BCUT2D eigenvalue weighted by Gasteiger charge is 2.33. The zero-order valence-electron chi connectivity index (χ0n) is 26.2. The molecule has 5 atom stereocenters. The number of carbonyl (C=O) groups excluding carboxylic acids is 6. The Morgan fingerprint density at radius 3 is 1.85 bits per heavy atom. The predicted octanol–water partition coefficient (Wildman–Crippen LogP) is -1.53. The van der Waals surface area contributed by atoms with Crippen LogP contribution in [0, 0.1) is 0 Å². The minimum Gasteiger partial charge on any atom is -0.480 e. The van der Waals surface area contributed by atoms with Crippen molar-refractivity contribution in [3.8, 4) is 0 Å². The zero-order valence-corrected chi connectivity index (χ0v) is 26.2. The molecule has 0 saturated heterocycles. The summed E-state index contributed by atoms with van der Waals surface area (Å²) in [6.07, 6.45) is 0.199. The first-order chi connectivity index (χ1) is 22.7. The number of hydrogen-bond acceptors (Lipinski definition) is 8. The lowest BCUT2D eigenvalue weighted by molar-refractivity contribution is -0.142. The molecule has 0 aliphatic carbocycles. The van der Waals surface area contributed by atoms with E-state index < -0.39 is 78.0 Å². The summed E-state index contributed by atoms with van der Waals surface area (Å²) in [4.78, 5) is 91.3. The minimum absolute atomic E-state index is 0.0174. The van der Waals surface area contributed by atoms with Crippen LogP contribution in [0.5, 0.6) is 0 Å². The summed E-state index contributed by atoms with van der Waals surface area (Å²) in [5, 5.41) is 20.2. The molecule has 0 aliphatic rings. The van der Waals surface area contributed by atoms with Crippen molar-refractivity contribution >= 4 is 52.3 Å². The number of H-pyrrole nitrogens is 1. The predicted molar refractivity (Wildman–Crippen MR) is 173 cm³/mol. The molecule has 256 valence electrons. The molecule has 12 N–H and O–H groups in total. The van der Waals surface area contributed by atoms with E-state index >= 15 is 0 Å². The summed E-state index contributed by atoms with van der Waals surface area (Å²) < 4.78 is 0. The molecule has 16 nitrogen and oxygen atoms in total. The van der Waals surface area contributed by atoms with Crippen molar-refractivity contribution in [3.05, 3.63) is 71.9 Å². The number of hydrogen-bond donors (Lipinski definition) is 9. The number of carboxylic acids is 1. The second kappa shape index (κ2) is 17.2. The van der Waals surface area contributed by atoms with E-state index in [0.717, 1.165) is 10.9 Å². The van der Waals surface area contributed by atoms with E-state index in [1.54, 1.807) is 60.8 Å². The van der Waals surface area contributed by atoms with Gasteiger partial charge >= 0.3 is 5.97 Å². The quantitative estimate of drug-likeness (QED) is 0.0761. The molecule has 3 rings (SSSR count). The van der Waals surface area contributed by atoms with Crippen LogP contribution in [-0.4, -0.2) is 81.7 Å². The maximum Gasteiger partial charge on any atom is 0.326 e. The van der Waals surface area contributed by atoms with Gasteiger partial charge in [0.25, 0.3) is 0 Å². The average molecular weight is 665 g/mol. The molecule has 48 heavy (non-hydrogen) atoms. The van der Waals surface area contributed by atoms with E-state index in [1.165, 1.54) is 6.92 Å². The molecule has 0 radical (unpaired) electrons. The summed E-state index contributed by atoms with van der Waals surface area (Å²) in [7, 11) is 0. The normalized spacial score (nSPS) is 14.0. The van der Waals surface area contributed by atoms with Gasteiger partial charge < -0.3 is 48.6 Å². The smallest absolute Gasteiger partial charge is 0.326 e. The summed E-state index contributed by atoms with van der Waals surface area (Å²) in [6, 6.07) is 9.16. The molecular weight excluding hydrogens is 624 g/mol. The van der Waals surface area contributed by atoms with Gasteiger partial charge in [0.15, 0.2) is 0 Å². The molecule has 16 heteroatoms. The first-order valence-electron chi connectivity index (χ1n) is 15.1. The van der Waals surface area contributed by atoms with E-state index in [4.69, 9.17) is 17.2 Å². The fraction of sp³-hybridized carbons (Fsp3) is 0.344. The van der Waals surface area contributed by atoms with Crippen LogP contribution in [-0.2, 0) is 46.4 Å². The van der Waals surface area contributed by atoms with Gasteiger partial charge in [0, 0.05) is 36.4 Å². The van der Waals surface area contributed by atoms with E-state index in [-0.39, 0.29) is 25.7 Å². The van der Waals surface area contributed by atoms with E-state index in [2.05, 4.69) is 26.3 Å². The van der Waals surface area contributed by atoms with E-state index in [1.807, 2.05) is 0 Å². The molecule has 3 aromatic rings. The largest absolute Gasteiger partial charge is 0.480 e. The molecule has 6 amide bonds. The number of carboxylic acid groups (broad SMARTS) is 1. The summed E-state index contributed by atoms with van der Waals surface area (Å²) in [5.74, 6) is -6.52. The van der Waals surface area contributed by atoms with Crippen LogP contribution >= 0.6 is 0 Å². The Balaban J connectivity index is 1.89. The number of carbonyl (C=O) groups is 7. The molecule has 1 aromatic heterocycles. The number of aliphatic carboxylic acids is 1. The first-order valence-corrected chi connectivity index (χ1v) is 15.1. The number of nitrogens with one attached hydrogen (secondary N) is 5. The highest BCUT2D eigenvalue weighted by molar-refractivity contribution is 5.97. The van der Waals surface area contributed by atoms with Gasteiger partial charge in [-0.2, -0.15) is 0 Å². The van der Waals surface area contributed by atoms with Crippen molar-refractivity contribution in [2.24, 2.45) is 17.2 Å². The number of fused-ring (bicyclic) bond motifs is 1. The van der Waals surface area contributed by atoms with Gasteiger partial charge in [0.05, 0.1) is 12.5 Å². The lowest BCUT2D eigenvalue weighted by atomic mass is 10.0. The van der Waals surface area contributed by atoms with Crippen LogP contribution in [0.25, 0.3) is 10.9 Å². The van der Waals surface area contributed by atoms with Crippen LogP contribution in [0.4, 0.5) is 0 Å². The summed E-state index contributed by atoms with van der Waals surface area (Å²) in [5.41, 5.74) is 18.2. The second-order valence-electron chi connectivity index (χ2n) is 11.3. The Hall–Kier alpha value is -5.77. The molecule has 0 spiro atoms. The van der Waals surface area contributed by atoms with Crippen LogP contribution < -0.4 is 38.5 Å². The third kappa shape index (κ3) is 10.9. The number of aromatic amines is 1. The van der Waals surface area contributed by atoms with Crippen molar-refractivity contribution < 1.29 is 38.7 Å². The number of amides is 6. The Morgan fingerprint density at radius 2 is 1.25 bits per heavy atom. The second-order valence-corrected chi connectivity index (χ2v) is 11.3. The molecule has 0 saturated carbocycles. The fourth-order valence-corrected chi connectivity index (χ4v) is 4.86. The Bertz CT molecular complexity index is 1640. The number of aromatic nitrogens is 1. The van der Waals surface area contributed by atoms with E-state index in [0.29, 0.717) is 11.1 Å². The minimum atomic E-state index is -1.59. The monoisotopic (exact) mass is 664 g/mol. The third-order valence-corrected chi connectivity index (χ3v) is 7.39. The molecule has 0 unspecified atom stereocenters. The van der Waals surface area contributed by atoms with Crippen molar-refractivity contribution in [2.45, 2.75) is 69.2 Å². The van der Waals surface area contributed by atoms with Gasteiger partial charge in [-0.1, -0.05) is 48.5 Å². The van der Waals surface area contributed by atoms with Gasteiger partial charge in [-0.25, -0.2) is 4.79 Å². The van der Waals surface area contributed by atoms with Crippen molar-refractivity contribution in [1.29, 1.82) is 0 Å². The number of para-hydroxylation sites is 1. The van der Waals surface area contributed by atoms with Gasteiger partial charge in [0.1, 0.15) is 24.2 Å². The van der Waals surface area contributed by atoms with Crippen LogP contribution in [0.1, 0.15) is 37.3 Å². The molecule has 0 fully saturated rings. The molecule has 2 aromatic carbocycles. The maximum absolute atomic E-state index is 13.7. The number of benzene rings is 2. The standard InChI is InChI=1S/C32H40N8O8/c1-17(33)28(43)38-23(13-18-7-3-2-4-8-18)29(44)40-25(15-27(35)42)31(46)39-24(14-19-16-36-21-10-6-5-9-20(19)21)30(45)37-22(32(47)48)11-12-26(34)41/h2-10,16-17,22-25,36H,11-15,33H2,1H3,(H2,34,41)(H2,35,42)(H,37,45)(H,38,43)(H,39,46)(H,40,44)(H,47,48)/t17-,22-,23-,24-,25-/m0/s1. The molecule has 0 bridgehead atoms. The highest BCUT2D eigenvalue weighted by atomic mass is 16.4. The Kier molecular flexibility index (Phi) is 13.2. The molecule has 1 heterocycles. The van der Waals surface area contributed by atoms with Gasteiger partial charge in [-0.05, 0) is 30.5 Å². The summed E-state index contributed by atoms with van der Waals surface area (Å²) in [6.45, 7) is 1.43. The van der Waals surface area contributed by atoms with E-state index in [9.17, 15) is 38.7 Å². The SMILES string of the molecule is C[C@H](N)C(=O)N[C@@H](Cc1ccccc1)C(=O)N[C@@H](CC(N)=O)C(=O)N[C@@H](Cc1c[nH]c2ccccc12)C(=O)N[C@@H](CCC(N)=O)C(=O)O. The van der Waals surface area contributed by atoms with Gasteiger partial charge in [-0.3, -0.25) is 28.8 Å². The van der Waals surface area contributed by atoms with Gasteiger partial charge in [0.2, 0.25) is 35.4 Å². The lowest BCUT2D eigenvalue weighted by Gasteiger charge is -2.26. The van der Waals surface area contributed by atoms with Crippen molar-refractivity contribution in [1.82, 2.24) is 26.3 Å². The molecular formula is C32H40N8O8. The topological polar surface area (TPSA) is 282 Å². The number of nitrogens with two attached hydrogens (primary N) is 3. The Morgan fingerprint density at radius 1 is 0.708 bits per heavy atom. The zero-order chi connectivity index (χ0) is 35.4. The third-order valence-electron chi connectivity index (χ3n) is 7.39. The molecule has 0 aliphatic heterocycles. The highest BCUT2D eigenvalue weighted by Crippen LogP contribution is 2.19. The number of rotatable bonds is 18. The van der Waals surface area contributed by atoms with Gasteiger partial charge in [-0.15, -0.1) is 0 Å². The Labute approximate surface area is 275 Å². The maximum atomic E-state index is 13.7. The van der Waals surface area contributed by atoms with Crippen molar-refractivity contribution in [2.75, 3.05) is 0 Å². The van der Waals surface area contributed by atoms with Crippen molar-refractivity contribution in [3.63, 3.8) is 0 Å². The van der Waals surface area contributed by atoms with Crippen LogP contribution in [0.15, 0.2) is 60.8 Å². The fourth-order valence-electron chi connectivity index (χ4n) is 4.86. The summed E-state index contributed by atoms with van der Waals surface area (Å²) >= 11 is 0. The van der Waals surface area contributed by atoms with Crippen LogP contribution in [0.2, 0.25) is 0 Å². The number of primary amides is 2.